The van der Waals surface area contributed by atoms with Crippen LogP contribution in [0.15, 0.2) is 10.8 Å². The molecule has 1 fully saturated rings. The SMILES string of the molecule is COc1cnn(CC2CCCN2)c1Br. The molecule has 2 heterocycles. The van der Waals surface area contributed by atoms with Crippen molar-refractivity contribution in [2.24, 2.45) is 0 Å². The van der Waals surface area contributed by atoms with Crippen LogP contribution in [0.1, 0.15) is 12.8 Å². The second-order valence-electron chi connectivity index (χ2n) is 3.48. The van der Waals surface area contributed by atoms with Gasteiger partial charge in [0.05, 0.1) is 19.9 Å². The van der Waals surface area contributed by atoms with Gasteiger partial charge in [0.2, 0.25) is 0 Å². The summed E-state index contributed by atoms with van der Waals surface area (Å²) in [4.78, 5) is 0. The molecule has 0 saturated carbocycles. The highest BCUT2D eigenvalue weighted by atomic mass is 79.9. The lowest BCUT2D eigenvalue weighted by molar-refractivity contribution is 0.407. The van der Waals surface area contributed by atoms with Crippen molar-refractivity contribution in [3.05, 3.63) is 10.8 Å². The van der Waals surface area contributed by atoms with Gasteiger partial charge < -0.3 is 10.1 Å². The number of hydrogen-bond acceptors (Lipinski definition) is 3. The van der Waals surface area contributed by atoms with Crippen molar-refractivity contribution in [3.8, 4) is 5.75 Å². The predicted octanol–water partition coefficient (Wildman–Crippen LogP) is 1.41. The van der Waals surface area contributed by atoms with Crippen LogP contribution in [0.3, 0.4) is 0 Å². The van der Waals surface area contributed by atoms with Crippen LogP contribution in [0.25, 0.3) is 0 Å². The van der Waals surface area contributed by atoms with Gasteiger partial charge in [-0.15, -0.1) is 0 Å². The van der Waals surface area contributed by atoms with Crippen molar-refractivity contribution in [3.63, 3.8) is 0 Å². The molecule has 78 valence electrons. The highest BCUT2D eigenvalue weighted by molar-refractivity contribution is 9.10. The molecule has 1 aromatic heterocycles. The molecule has 1 N–H and O–H groups in total. The van der Waals surface area contributed by atoms with Crippen LogP contribution in [0.2, 0.25) is 0 Å². The Labute approximate surface area is 91.8 Å². The first-order chi connectivity index (χ1) is 6.81. The van der Waals surface area contributed by atoms with E-state index in [1.165, 1.54) is 12.8 Å². The second-order valence-corrected chi connectivity index (χ2v) is 4.23. The Morgan fingerprint density at radius 3 is 3.21 bits per heavy atom. The van der Waals surface area contributed by atoms with E-state index < -0.39 is 0 Å². The van der Waals surface area contributed by atoms with Gasteiger partial charge in [0.1, 0.15) is 4.60 Å². The van der Waals surface area contributed by atoms with E-state index in [1.807, 2.05) is 4.68 Å². The number of aromatic nitrogens is 2. The van der Waals surface area contributed by atoms with Crippen LogP contribution in [0.4, 0.5) is 0 Å². The number of halogens is 1. The van der Waals surface area contributed by atoms with Crippen molar-refractivity contribution < 1.29 is 4.74 Å². The summed E-state index contributed by atoms with van der Waals surface area (Å²) in [7, 11) is 1.65. The molecule has 0 amide bonds. The molecule has 1 aliphatic rings. The largest absolute Gasteiger partial charge is 0.492 e. The smallest absolute Gasteiger partial charge is 0.171 e. The van der Waals surface area contributed by atoms with Crippen LogP contribution >= 0.6 is 15.9 Å². The minimum Gasteiger partial charge on any atom is -0.492 e. The van der Waals surface area contributed by atoms with Gasteiger partial charge in [0.15, 0.2) is 5.75 Å². The van der Waals surface area contributed by atoms with E-state index in [1.54, 1.807) is 13.3 Å². The molecule has 0 spiro atoms. The average Bonchev–Trinajstić information content (AvgIpc) is 2.79. The molecule has 1 atom stereocenters. The first-order valence-electron chi connectivity index (χ1n) is 4.80. The van der Waals surface area contributed by atoms with Crippen molar-refractivity contribution in [1.29, 1.82) is 0 Å². The molecule has 1 saturated heterocycles. The van der Waals surface area contributed by atoms with Gasteiger partial charge in [-0.2, -0.15) is 5.10 Å². The maximum atomic E-state index is 5.14. The molecule has 1 unspecified atom stereocenters. The Balaban J connectivity index is 2.04. The van der Waals surface area contributed by atoms with Crippen molar-refractivity contribution >= 4 is 15.9 Å². The van der Waals surface area contributed by atoms with Gasteiger partial charge in [-0.3, -0.25) is 4.68 Å². The molecule has 0 bridgehead atoms. The monoisotopic (exact) mass is 259 g/mol. The van der Waals surface area contributed by atoms with E-state index in [-0.39, 0.29) is 0 Å². The predicted molar refractivity (Wildman–Crippen MR) is 57.5 cm³/mol. The van der Waals surface area contributed by atoms with Crippen LogP contribution in [0.5, 0.6) is 5.75 Å². The molecule has 14 heavy (non-hydrogen) atoms. The average molecular weight is 260 g/mol. The zero-order chi connectivity index (χ0) is 9.97. The zero-order valence-corrected chi connectivity index (χ0v) is 9.75. The Hall–Kier alpha value is -0.550. The maximum absolute atomic E-state index is 5.14. The summed E-state index contributed by atoms with van der Waals surface area (Å²) >= 11 is 3.47. The van der Waals surface area contributed by atoms with Gasteiger partial charge in [-0.05, 0) is 35.3 Å². The van der Waals surface area contributed by atoms with Gasteiger partial charge in [0.25, 0.3) is 0 Å². The Kier molecular flexibility index (Phi) is 3.08. The third-order valence-corrected chi connectivity index (χ3v) is 3.32. The van der Waals surface area contributed by atoms with Crippen molar-refractivity contribution in [2.45, 2.75) is 25.4 Å². The number of rotatable bonds is 3. The minimum absolute atomic E-state index is 0.552. The van der Waals surface area contributed by atoms with Crippen LogP contribution in [-0.4, -0.2) is 29.5 Å². The van der Waals surface area contributed by atoms with Crippen LogP contribution < -0.4 is 10.1 Å². The Morgan fingerprint density at radius 1 is 1.79 bits per heavy atom. The fourth-order valence-electron chi connectivity index (χ4n) is 1.74. The number of ether oxygens (including phenoxy) is 1. The number of nitrogens with zero attached hydrogens (tertiary/aromatic N) is 2. The summed E-state index contributed by atoms with van der Waals surface area (Å²) in [5.41, 5.74) is 0. The molecule has 5 heteroatoms. The van der Waals surface area contributed by atoms with Gasteiger partial charge >= 0.3 is 0 Å². The summed E-state index contributed by atoms with van der Waals surface area (Å²) in [6, 6.07) is 0.552. The first-order valence-corrected chi connectivity index (χ1v) is 5.59. The third kappa shape index (κ3) is 1.93. The molecule has 2 rings (SSSR count). The van der Waals surface area contributed by atoms with E-state index >= 15 is 0 Å². The van der Waals surface area contributed by atoms with Gasteiger partial charge in [-0.25, -0.2) is 0 Å². The van der Waals surface area contributed by atoms with Gasteiger partial charge in [-0.1, -0.05) is 0 Å². The molecule has 1 aliphatic heterocycles. The molecular formula is C9H14BrN3O. The molecule has 0 aliphatic carbocycles. The Morgan fingerprint density at radius 2 is 2.64 bits per heavy atom. The van der Waals surface area contributed by atoms with E-state index in [4.69, 9.17) is 4.74 Å². The van der Waals surface area contributed by atoms with Crippen LogP contribution in [0, 0.1) is 0 Å². The topological polar surface area (TPSA) is 39.1 Å². The quantitative estimate of drug-likeness (QED) is 0.893. The lowest BCUT2D eigenvalue weighted by Crippen LogP contribution is -2.27. The summed E-state index contributed by atoms with van der Waals surface area (Å²) in [5.74, 6) is 0.794. The van der Waals surface area contributed by atoms with Crippen molar-refractivity contribution in [1.82, 2.24) is 15.1 Å². The normalized spacial score (nSPS) is 21.4. The highest BCUT2D eigenvalue weighted by Crippen LogP contribution is 2.24. The number of methoxy groups -OCH3 is 1. The molecule has 1 aromatic rings. The minimum atomic E-state index is 0.552. The fourth-order valence-corrected chi connectivity index (χ4v) is 2.24. The van der Waals surface area contributed by atoms with Crippen molar-refractivity contribution in [2.75, 3.05) is 13.7 Å². The van der Waals surface area contributed by atoms with E-state index in [0.29, 0.717) is 6.04 Å². The van der Waals surface area contributed by atoms with Crippen LogP contribution in [-0.2, 0) is 6.54 Å². The molecular weight excluding hydrogens is 246 g/mol. The standard InChI is InChI=1S/C9H14BrN3O/c1-14-8-5-12-13(9(8)10)6-7-3-2-4-11-7/h5,7,11H,2-4,6H2,1H3. The molecule has 4 nitrogen and oxygen atoms in total. The highest BCUT2D eigenvalue weighted by Gasteiger charge is 2.17. The lowest BCUT2D eigenvalue weighted by atomic mass is 10.2. The zero-order valence-electron chi connectivity index (χ0n) is 8.16. The summed E-state index contributed by atoms with van der Waals surface area (Å²) < 4.78 is 8.00. The summed E-state index contributed by atoms with van der Waals surface area (Å²) in [5, 5.41) is 7.69. The lowest BCUT2D eigenvalue weighted by Gasteiger charge is -2.10. The van der Waals surface area contributed by atoms with E-state index in [0.717, 1.165) is 23.4 Å². The maximum Gasteiger partial charge on any atom is 0.171 e. The van der Waals surface area contributed by atoms with E-state index in [2.05, 4.69) is 26.3 Å². The number of hydrogen-bond donors (Lipinski definition) is 1. The Bertz CT molecular complexity index is 307. The summed E-state index contributed by atoms with van der Waals surface area (Å²) in [6.45, 7) is 2.03. The molecule has 0 aromatic carbocycles. The first kappa shape index (κ1) is 9.98. The van der Waals surface area contributed by atoms with E-state index in [9.17, 15) is 0 Å². The third-order valence-electron chi connectivity index (χ3n) is 2.52. The summed E-state index contributed by atoms with van der Waals surface area (Å²) in [6.07, 6.45) is 4.23. The number of nitrogens with one attached hydrogen (secondary N) is 1. The van der Waals surface area contributed by atoms with Gasteiger partial charge in [0, 0.05) is 6.04 Å². The fraction of sp³-hybridized carbons (Fsp3) is 0.667. The second kappa shape index (κ2) is 4.31. The molecule has 0 radical (unpaired) electrons.